The molecule has 0 aliphatic heterocycles. The summed E-state index contributed by atoms with van der Waals surface area (Å²) in [5.41, 5.74) is 5.82. The van der Waals surface area contributed by atoms with E-state index in [4.69, 9.17) is 10.8 Å². The van der Waals surface area contributed by atoms with Gasteiger partial charge in [-0.05, 0) is 6.08 Å². The first-order chi connectivity index (χ1) is 5.68. The molecule has 1 rings (SSSR count). The summed E-state index contributed by atoms with van der Waals surface area (Å²) < 4.78 is 0. The van der Waals surface area contributed by atoms with Gasteiger partial charge in [0.2, 0.25) is 5.95 Å². The van der Waals surface area contributed by atoms with Gasteiger partial charge in [-0.25, -0.2) is 14.8 Å². The Kier molecular flexibility index (Phi) is 2.37. The highest BCUT2D eigenvalue weighted by atomic mass is 16.4. The topological polar surface area (TPSA) is 89.1 Å². The Labute approximate surface area is 68.6 Å². The second-order valence-electron chi connectivity index (χ2n) is 2.05. The molecule has 0 atom stereocenters. The lowest BCUT2D eigenvalue weighted by atomic mass is 10.3. The number of nitrogens with zero attached hydrogens (tertiary/aromatic N) is 2. The second-order valence-corrected chi connectivity index (χ2v) is 2.05. The van der Waals surface area contributed by atoms with E-state index in [0.717, 1.165) is 6.08 Å². The third-order valence-corrected chi connectivity index (χ3v) is 1.11. The first-order valence-electron chi connectivity index (χ1n) is 3.17. The quantitative estimate of drug-likeness (QED) is 0.609. The maximum atomic E-state index is 10.1. The number of carboxylic acids is 1. The summed E-state index contributed by atoms with van der Waals surface area (Å²) in [6.45, 7) is 0. The van der Waals surface area contributed by atoms with Crippen LogP contribution >= 0.6 is 0 Å². The van der Waals surface area contributed by atoms with Crippen LogP contribution in [-0.4, -0.2) is 21.0 Å². The second kappa shape index (κ2) is 3.47. The summed E-state index contributed by atoms with van der Waals surface area (Å²) in [7, 11) is 0. The minimum absolute atomic E-state index is 0.169. The molecule has 0 fully saturated rings. The molecular weight excluding hydrogens is 158 g/mol. The first-order valence-corrected chi connectivity index (χ1v) is 3.17. The molecule has 0 saturated carbocycles. The Morgan fingerprint density at radius 1 is 1.50 bits per heavy atom. The molecular formula is C7H7N3O2. The van der Waals surface area contributed by atoms with Gasteiger partial charge in [0.1, 0.15) is 0 Å². The van der Waals surface area contributed by atoms with Crippen molar-refractivity contribution in [3.63, 3.8) is 0 Å². The van der Waals surface area contributed by atoms with Gasteiger partial charge >= 0.3 is 5.97 Å². The number of carbonyl (C=O) groups is 1. The number of aromatic nitrogens is 2. The third-order valence-electron chi connectivity index (χ3n) is 1.11. The lowest BCUT2D eigenvalue weighted by Gasteiger charge is -1.91. The Hall–Kier alpha value is -1.91. The van der Waals surface area contributed by atoms with Crippen LogP contribution in [0, 0.1) is 0 Å². The van der Waals surface area contributed by atoms with Crippen LogP contribution in [0.2, 0.25) is 0 Å². The van der Waals surface area contributed by atoms with Gasteiger partial charge in [-0.3, -0.25) is 0 Å². The van der Waals surface area contributed by atoms with Crippen LogP contribution < -0.4 is 5.73 Å². The fraction of sp³-hybridized carbons (Fsp3) is 0. The zero-order chi connectivity index (χ0) is 8.97. The predicted octanol–water partition coefficient (Wildman–Crippen LogP) is 0.157. The van der Waals surface area contributed by atoms with Crippen molar-refractivity contribution in [2.45, 2.75) is 0 Å². The Balaban J connectivity index is 2.77. The third kappa shape index (κ3) is 2.37. The zero-order valence-electron chi connectivity index (χ0n) is 6.14. The lowest BCUT2D eigenvalue weighted by Crippen LogP contribution is -1.93. The van der Waals surface area contributed by atoms with E-state index in [-0.39, 0.29) is 5.95 Å². The molecule has 3 N–H and O–H groups in total. The molecule has 0 aliphatic rings. The summed E-state index contributed by atoms with van der Waals surface area (Å²) in [6, 6.07) is 0. The normalized spacial score (nSPS) is 10.3. The van der Waals surface area contributed by atoms with E-state index < -0.39 is 5.97 Å². The van der Waals surface area contributed by atoms with Gasteiger partial charge in [0.05, 0.1) is 0 Å². The van der Waals surface area contributed by atoms with Gasteiger partial charge in [-0.1, -0.05) is 0 Å². The van der Waals surface area contributed by atoms with Gasteiger partial charge in [-0.2, -0.15) is 0 Å². The number of rotatable bonds is 2. The molecule has 0 aliphatic carbocycles. The van der Waals surface area contributed by atoms with Crippen LogP contribution in [-0.2, 0) is 4.79 Å². The van der Waals surface area contributed by atoms with E-state index in [9.17, 15) is 4.79 Å². The predicted molar refractivity (Wildman–Crippen MR) is 43.1 cm³/mol. The largest absolute Gasteiger partial charge is 0.478 e. The molecule has 0 saturated heterocycles. The van der Waals surface area contributed by atoms with Gasteiger partial charge in [0, 0.05) is 24.0 Å². The summed E-state index contributed by atoms with van der Waals surface area (Å²) in [6.07, 6.45) is 5.29. The van der Waals surface area contributed by atoms with Crippen LogP contribution in [0.15, 0.2) is 18.5 Å². The van der Waals surface area contributed by atoms with Crippen molar-refractivity contribution in [2.75, 3.05) is 5.73 Å². The van der Waals surface area contributed by atoms with E-state index in [0.29, 0.717) is 5.56 Å². The van der Waals surface area contributed by atoms with E-state index in [1.807, 2.05) is 0 Å². The standard InChI is InChI=1S/C7H7N3O2/c8-7-9-3-5(4-10-7)1-2-6(11)12/h1-4H,(H,11,12)(H2,8,9,10)/b2-1+. The zero-order valence-corrected chi connectivity index (χ0v) is 6.14. The maximum Gasteiger partial charge on any atom is 0.328 e. The molecule has 5 nitrogen and oxygen atoms in total. The Bertz CT molecular complexity index is 305. The van der Waals surface area contributed by atoms with Crippen molar-refractivity contribution in [2.24, 2.45) is 0 Å². The summed E-state index contributed by atoms with van der Waals surface area (Å²) in [4.78, 5) is 17.4. The number of carboxylic acid groups (broad SMARTS) is 1. The van der Waals surface area contributed by atoms with Crippen LogP contribution in [0.4, 0.5) is 5.95 Å². The van der Waals surface area contributed by atoms with Crippen LogP contribution in [0.5, 0.6) is 0 Å². The highest BCUT2D eigenvalue weighted by Gasteiger charge is 1.90. The Morgan fingerprint density at radius 3 is 2.58 bits per heavy atom. The van der Waals surface area contributed by atoms with Crippen molar-refractivity contribution >= 4 is 18.0 Å². The van der Waals surface area contributed by atoms with E-state index >= 15 is 0 Å². The van der Waals surface area contributed by atoms with Crippen LogP contribution in [0.25, 0.3) is 6.08 Å². The van der Waals surface area contributed by atoms with Crippen molar-refractivity contribution < 1.29 is 9.90 Å². The number of anilines is 1. The van der Waals surface area contributed by atoms with Gasteiger partial charge in [-0.15, -0.1) is 0 Å². The SMILES string of the molecule is Nc1ncc(/C=C/C(=O)O)cn1. The van der Waals surface area contributed by atoms with Gasteiger partial charge < -0.3 is 10.8 Å². The molecule has 1 aromatic heterocycles. The number of hydrogen-bond donors (Lipinski definition) is 2. The number of aliphatic carboxylic acids is 1. The first kappa shape index (κ1) is 8.19. The molecule has 0 amide bonds. The smallest absolute Gasteiger partial charge is 0.328 e. The summed E-state index contributed by atoms with van der Waals surface area (Å²) in [5.74, 6) is -0.839. The lowest BCUT2D eigenvalue weighted by molar-refractivity contribution is -0.131. The maximum absolute atomic E-state index is 10.1. The number of nitrogen functional groups attached to an aromatic ring is 1. The minimum atomic E-state index is -1.01. The molecule has 0 radical (unpaired) electrons. The highest BCUT2D eigenvalue weighted by Crippen LogP contribution is 1.98. The summed E-state index contributed by atoms with van der Waals surface area (Å²) >= 11 is 0. The van der Waals surface area contributed by atoms with Crippen molar-refractivity contribution in [3.05, 3.63) is 24.0 Å². The van der Waals surface area contributed by atoms with Gasteiger partial charge in [0.15, 0.2) is 0 Å². The number of hydrogen-bond acceptors (Lipinski definition) is 4. The van der Waals surface area contributed by atoms with E-state index in [1.54, 1.807) is 0 Å². The molecule has 1 aromatic rings. The fourth-order valence-electron chi connectivity index (χ4n) is 0.602. The fourth-order valence-corrected chi connectivity index (χ4v) is 0.602. The van der Waals surface area contributed by atoms with Crippen molar-refractivity contribution in [1.29, 1.82) is 0 Å². The van der Waals surface area contributed by atoms with E-state index in [1.165, 1.54) is 18.5 Å². The average Bonchev–Trinajstić information content (AvgIpc) is 2.03. The minimum Gasteiger partial charge on any atom is -0.478 e. The number of nitrogens with two attached hydrogens (primary N) is 1. The monoisotopic (exact) mass is 165 g/mol. The molecule has 12 heavy (non-hydrogen) atoms. The average molecular weight is 165 g/mol. The van der Waals surface area contributed by atoms with Crippen LogP contribution in [0.1, 0.15) is 5.56 Å². The van der Waals surface area contributed by atoms with Gasteiger partial charge in [0.25, 0.3) is 0 Å². The van der Waals surface area contributed by atoms with Crippen molar-refractivity contribution in [3.8, 4) is 0 Å². The van der Waals surface area contributed by atoms with E-state index in [2.05, 4.69) is 9.97 Å². The van der Waals surface area contributed by atoms with Crippen LogP contribution in [0.3, 0.4) is 0 Å². The Morgan fingerprint density at radius 2 is 2.08 bits per heavy atom. The highest BCUT2D eigenvalue weighted by molar-refractivity contribution is 5.85. The summed E-state index contributed by atoms with van der Waals surface area (Å²) in [5, 5.41) is 8.28. The molecule has 0 unspecified atom stereocenters. The van der Waals surface area contributed by atoms with Crippen molar-refractivity contribution in [1.82, 2.24) is 9.97 Å². The molecule has 1 heterocycles. The molecule has 0 aromatic carbocycles. The molecule has 0 bridgehead atoms. The molecule has 5 heteroatoms. The molecule has 0 spiro atoms. The molecule has 62 valence electrons.